The van der Waals surface area contributed by atoms with Gasteiger partial charge in [0.2, 0.25) is 0 Å². The number of aromatic nitrogens is 1. The fourth-order valence-corrected chi connectivity index (χ4v) is 1.29. The molecule has 1 N–H and O–H groups in total. The maximum atomic E-state index is 10.7. The molecule has 3 heteroatoms. The molecule has 0 spiro atoms. The predicted octanol–water partition coefficient (Wildman–Crippen LogP) is 2.18. The highest BCUT2D eigenvalue weighted by Gasteiger charge is 2.03. The topological polar surface area (TPSA) is 50.2 Å². The highest BCUT2D eigenvalue weighted by molar-refractivity contribution is 5.85. The Morgan fingerprint density at radius 2 is 1.76 bits per heavy atom. The van der Waals surface area contributed by atoms with E-state index < -0.39 is 5.97 Å². The highest BCUT2D eigenvalue weighted by Crippen LogP contribution is 2.01. The smallest absolute Gasteiger partial charge is 0.354 e. The molecule has 0 aliphatic rings. The molecule has 0 aliphatic heterocycles. The first-order valence-electron chi connectivity index (χ1n) is 5.02. The van der Waals surface area contributed by atoms with Gasteiger partial charge in [-0.1, -0.05) is 30.0 Å². The molecule has 0 radical (unpaired) electrons. The molecule has 0 saturated heterocycles. The summed E-state index contributed by atoms with van der Waals surface area (Å²) in [5.74, 6) is 4.81. The quantitative estimate of drug-likeness (QED) is 0.754. The van der Waals surface area contributed by atoms with Crippen molar-refractivity contribution in [2.45, 2.75) is 0 Å². The summed E-state index contributed by atoms with van der Waals surface area (Å²) in [6.07, 6.45) is 1.44. The normalized spacial score (nSPS) is 9.18. The number of carbonyl (C=O) groups is 1. The van der Waals surface area contributed by atoms with Crippen LogP contribution >= 0.6 is 0 Å². The molecule has 0 aliphatic carbocycles. The summed E-state index contributed by atoms with van der Waals surface area (Å²) < 4.78 is 0. The van der Waals surface area contributed by atoms with Crippen LogP contribution < -0.4 is 0 Å². The number of hydrogen-bond acceptors (Lipinski definition) is 2. The van der Waals surface area contributed by atoms with Crippen molar-refractivity contribution in [1.29, 1.82) is 0 Å². The zero-order valence-electron chi connectivity index (χ0n) is 8.92. The summed E-state index contributed by atoms with van der Waals surface area (Å²) in [6, 6.07) is 12.7. The van der Waals surface area contributed by atoms with Gasteiger partial charge in [0, 0.05) is 17.3 Å². The fraction of sp³-hybridized carbons (Fsp3) is 0. The minimum Gasteiger partial charge on any atom is -0.477 e. The van der Waals surface area contributed by atoms with Crippen LogP contribution in [-0.2, 0) is 0 Å². The van der Waals surface area contributed by atoms with Crippen molar-refractivity contribution in [2.24, 2.45) is 0 Å². The predicted molar refractivity (Wildman–Crippen MR) is 63.6 cm³/mol. The average molecular weight is 223 g/mol. The van der Waals surface area contributed by atoms with Crippen molar-refractivity contribution in [2.75, 3.05) is 0 Å². The molecule has 82 valence electrons. The molecule has 1 aromatic heterocycles. The molecule has 0 unspecified atom stereocenters. The molecule has 0 atom stereocenters. The van der Waals surface area contributed by atoms with Gasteiger partial charge in [-0.15, -0.1) is 0 Å². The van der Waals surface area contributed by atoms with E-state index in [2.05, 4.69) is 16.8 Å². The Morgan fingerprint density at radius 1 is 1.06 bits per heavy atom. The van der Waals surface area contributed by atoms with Gasteiger partial charge in [-0.05, 0) is 24.3 Å². The van der Waals surface area contributed by atoms with Crippen LogP contribution in [0.25, 0.3) is 0 Å². The van der Waals surface area contributed by atoms with Gasteiger partial charge < -0.3 is 5.11 Å². The first kappa shape index (κ1) is 10.9. The van der Waals surface area contributed by atoms with Crippen LogP contribution in [0.5, 0.6) is 0 Å². The van der Waals surface area contributed by atoms with E-state index in [0.717, 1.165) is 5.56 Å². The van der Waals surface area contributed by atoms with Gasteiger partial charge >= 0.3 is 5.97 Å². The minimum absolute atomic E-state index is 0.00450. The van der Waals surface area contributed by atoms with Crippen molar-refractivity contribution in [3.8, 4) is 11.8 Å². The largest absolute Gasteiger partial charge is 0.477 e. The molecule has 1 aromatic carbocycles. The lowest BCUT2D eigenvalue weighted by Gasteiger charge is -1.93. The number of benzene rings is 1. The highest BCUT2D eigenvalue weighted by atomic mass is 16.4. The van der Waals surface area contributed by atoms with Crippen LogP contribution in [0.1, 0.15) is 21.6 Å². The number of nitrogens with zero attached hydrogens (tertiary/aromatic N) is 1. The Bertz CT molecular complexity index is 594. The van der Waals surface area contributed by atoms with E-state index in [1.54, 1.807) is 6.07 Å². The number of aromatic carboxylic acids is 1. The molecule has 1 heterocycles. The van der Waals surface area contributed by atoms with Crippen molar-refractivity contribution in [3.63, 3.8) is 0 Å². The summed E-state index contributed by atoms with van der Waals surface area (Å²) in [5, 5.41) is 8.78. The number of hydrogen-bond donors (Lipinski definition) is 1. The van der Waals surface area contributed by atoms with Crippen LogP contribution in [0.15, 0.2) is 48.7 Å². The van der Waals surface area contributed by atoms with Crippen molar-refractivity contribution >= 4 is 5.97 Å². The van der Waals surface area contributed by atoms with E-state index in [1.807, 2.05) is 30.3 Å². The Balaban J connectivity index is 2.28. The third-order valence-corrected chi connectivity index (χ3v) is 2.10. The van der Waals surface area contributed by atoms with E-state index in [4.69, 9.17) is 5.11 Å². The number of rotatable bonds is 1. The van der Waals surface area contributed by atoms with Crippen LogP contribution in [0.3, 0.4) is 0 Å². The third kappa shape index (κ3) is 2.93. The molecular weight excluding hydrogens is 214 g/mol. The zero-order chi connectivity index (χ0) is 12.1. The molecule has 0 amide bonds. The van der Waals surface area contributed by atoms with E-state index in [-0.39, 0.29) is 5.69 Å². The van der Waals surface area contributed by atoms with Gasteiger partial charge in [-0.25, -0.2) is 9.78 Å². The summed E-state index contributed by atoms with van der Waals surface area (Å²) in [7, 11) is 0. The average Bonchev–Trinajstić information content (AvgIpc) is 2.38. The second-order valence-corrected chi connectivity index (χ2v) is 3.35. The Hall–Kier alpha value is -2.60. The monoisotopic (exact) mass is 223 g/mol. The number of carboxylic acid groups (broad SMARTS) is 1. The Morgan fingerprint density at radius 3 is 2.47 bits per heavy atom. The van der Waals surface area contributed by atoms with Crippen molar-refractivity contribution < 1.29 is 9.90 Å². The van der Waals surface area contributed by atoms with E-state index in [0.29, 0.717) is 5.56 Å². The van der Waals surface area contributed by atoms with Gasteiger partial charge in [0.25, 0.3) is 0 Å². The number of carboxylic acids is 1. The molecule has 2 aromatic rings. The summed E-state index contributed by atoms with van der Waals surface area (Å²) in [5.41, 5.74) is 1.53. The molecule has 17 heavy (non-hydrogen) atoms. The van der Waals surface area contributed by atoms with Gasteiger partial charge in [0.1, 0.15) is 5.69 Å². The molecular formula is C14H9NO2. The first-order valence-corrected chi connectivity index (χ1v) is 5.02. The van der Waals surface area contributed by atoms with Crippen LogP contribution in [0.2, 0.25) is 0 Å². The standard InChI is InChI=1S/C14H9NO2/c16-14(17)13-10-12(8-9-15-13)7-6-11-4-2-1-3-5-11/h1-5,8-10H,(H,16,17). The van der Waals surface area contributed by atoms with Crippen LogP contribution in [0, 0.1) is 11.8 Å². The minimum atomic E-state index is -1.05. The molecule has 3 nitrogen and oxygen atoms in total. The fourth-order valence-electron chi connectivity index (χ4n) is 1.29. The van der Waals surface area contributed by atoms with Gasteiger partial charge in [0.15, 0.2) is 0 Å². The van der Waals surface area contributed by atoms with Crippen molar-refractivity contribution in [1.82, 2.24) is 4.98 Å². The maximum Gasteiger partial charge on any atom is 0.354 e. The van der Waals surface area contributed by atoms with Crippen molar-refractivity contribution in [3.05, 3.63) is 65.5 Å². The molecule has 0 saturated carbocycles. The lowest BCUT2D eigenvalue weighted by Crippen LogP contribution is -1.99. The first-order chi connectivity index (χ1) is 8.25. The van der Waals surface area contributed by atoms with E-state index >= 15 is 0 Å². The summed E-state index contributed by atoms with van der Waals surface area (Å²) in [4.78, 5) is 14.4. The molecule has 0 bridgehead atoms. The Kier molecular flexibility index (Phi) is 3.18. The van der Waals surface area contributed by atoms with Gasteiger partial charge in [0.05, 0.1) is 0 Å². The Labute approximate surface area is 98.8 Å². The lowest BCUT2D eigenvalue weighted by atomic mass is 10.2. The lowest BCUT2D eigenvalue weighted by molar-refractivity contribution is 0.0690. The van der Waals surface area contributed by atoms with Gasteiger partial charge in [-0.2, -0.15) is 0 Å². The summed E-state index contributed by atoms with van der Waals surface area (Å²) >= 11 is 0. The summed E-state index contributed by atoms with van der Waals surface area (Å²) in [6.45, 7) is 0. The molecule has 0 fully saturated rings. The second kappa shape index (κ2) is 4.95. The van der Waals surface area contributed by atoms with Crippen LogP contribution in [-0.4, -0.2) is 16.1 Å². The molecule has 2 rings (SSSR count). The zero-order valence-corrected chi connectivity index (χ0v) is 8.92. The second-order valence-electron chi connectivity index (χ2n) is 3.35. The SMILES string of the molecule is O=C(O)c1cc(C#Cc2ccccc2)ccn1. The van der Waals surface area contributed by atoms with Gasteiger partial charge in [-0.3, -0.25) is 0 Å². The van der Waals surface area contributed by atoms with E-state index in [9.17, 15) is 4.79 Å². The number of pyridine rings is 1. The van der Waals surface area contributed by atoms with Crippen LogP contribution in [0.4, 0.5) is 0 Å². The van der Waals surface area contributed by atoms with E-state index in [1.165, 1.54) is 12.3 Å². The maximum absolute atomic E-state index is 10.7. The third-order valence-electron chi connectivity index (χ3n) is 2.10.